The van der Waals surface area contributed by atoms with Crippen molar-refractivity contribution in [2.75, 3.05) is 18.6 Å². The van der Waals surface area contributed by atoms with Crippen molar-refractivity contribution in [1.82, 2.24) is 0 Å². The quantitative estimate of drug-likeness (QED) is 0.449. The molecule has 7 atom stereocenters. The third-order valence-electron chi connectivity index (χ3n) is 9.33. The summed E-state index contributed by atoms with van der Waals surface area (Å²) in [4.78, 5) is 67.4. The van der Waals surface area contributed by atoms with Crippen molar-refractivity contribution in [3.63, 3.8) is 0 Å². The molecule has 4 aliphatic rings. The van der Waals surface area contributed by atoms with Gasteiger partial charge in [-0.25, -0.2) is 0 Å². The van der Waals surface area contributed by atoms with E-state index in [9.17, 15) is 24.0 Å². The first kappa shape index (κ1) is 25.4. The Morgan fingerprint density at radius 2 is 1.84 bits per heavy atom. The van der Waals surface area contributed by atoms with Crippen molar-refractivity contribution < 1.29 is 38.2 Å². The molecule has 198 valence electrons. The zero-order chi connectivity index (χ0) is 26.7. The third kappa shape index (κ3) is 3.85. The number of methoxy groups -OCH3 is 1. The maximum Gasteiger partial charge on any atom is 0.310 e. The van der Waals surface area contributed by atoms with Crippen LogP contribution in [0, 0.1) is 28.6 Å². The van der Waals surface area contributed by atoms with Gasteiger partial charge in [0.15, 0.2) is 18.0 Å². The number of benzene rings is 1. The molecule has 3 fully saturated rings. The number of ether oxygens (including phenoxy) is 3. The number of carbonyl (C=O) groups excluding carboxylic acids is 5. The molecule has 0 unspecified atom stereocenters. The van der Waals surface area contributed by atoms with Crippen LogP contribution in [0.2, 0.25) is 0 Å². The standard InChI is InChI=1S/C28H33NO8/c1-15(30)36-20-13-18(25(33)35-4)27(2)11-9-17-26(34)37-21(14-28(17,3)23(27)22(20)31)24(32)29-12-10-16-7-5-6-8-19(16)29/h5-8,17-18,20-21,23H,9-14H2,1-4H3/t17-,18-,20-,21-,23-,27-,28-/m0/s1. The van der Waals surface area contributed by atoms with E-state index in [4.69, 9.17) is 14.2 Å². The van der Waals surface area contributed by atoms with Crippen molar-refractivity contribution in [3.8, 4) is 0 Å². The summed E-state index contributed by atoms with van der Waals surface area (Å²) in [5.74, 6) is -4.31. The number of nitrogens with zero attached hydrogens (tertiary/aromatic N) is 1. The summed E-state index contributed by atoms with van der Waals surface area (Å²) in [7, 11) is 1.30. The molecule has 0 bridgehead atoms. The lowest BCUT2D eigenvalue weighted by Gasteiger charge is -2.60. The van der Waals surface area contributed by atoms with E-state index in [1.807, 2.05) is 38.1 Å². The molecule has 2 saturated carbocycles. The molecule has 0 N–H and O–H groups in total. The summed E-state index contributed by atoms with van der Waals surface area (Å²) in [5, 5.41) is 0. The second-order valence-corrected chi connectivity index (χ2v) is 11.3. The van der Waals surface area contributed by atoms with Gasteiger partial charge in [-0.15, -0.1) is 0 Å². The maximum atomic E-state index is 13.9. The summed E-state index contributed by atoms with van der Waals surface area (Å²) in [6.45, 7) is 5.45. The number of rotatable bonds is 3. The van der Waals surface area contributed by atoms with Crippen LogP contribution in [0.4, 0.5) is 5.69 Å². The van der Waals surface area contributed by atoms with Gasteiger partial charge in [-0.05, 0) is 41.7 Å². The molecule has 1 aromatic rings. The van der Waals surface area contributed by atoms with Gasteiger partial charge in [0.25, 0.3) is 5.91 Å². The van der Waals surface area contributed by atoms with E-state index in [1.165, 1.54) is 14.0 Å². The SMILES string of the molecule is COC(=O)[C@@H]1C[C@H](OC(C)=O)C(=O)[C@H]2[C@@]1(C)CC[C@H]1C(=O)O[C@H](C(=O)N3CCc4ccccc43)C[C@]21C. The Morgan fingerprint density at radius 3 is 2.54 bits per heavy atom. The van der Waals surface area contributed by atoms with Crippen LogP contribution in [0.3, 0.4) is 0 Å². The van der Waals surface area contributed by atoms with E-state index in [0.717, 1.165) is 11.3 Å². The van der Waals surface area contributed by atoms with E-state index in [2.05, 4.69) is 0 Å². The van der Waals surface area contributed by atoms with E-state index in [0.29, 0.717) is 25.8 Å². The predicted octanol–water partition coefficient (Wildman–Crippen LogP) is 2.62. The van der Waals surface area contributed by atoms with Crippen molar-refractivity contribution >= 4 is 35.3 Å². The van der Waals surface area contributed by atoms with Crippen LogP contribution in [0.1, 0.15) is 52.0 Å². The molecular formula is C28H33NO8. The zero-order valence-corrected chi connectivity index (χ0v) is 21.7. The number of fused-ring (bicyclic) bond motifs is 4. The van der Waals surface area contributed by atoms with Crippen molar-refractivity contribution in [2.24, 2.45) is 28.6 Å². The number of ketones is 1. The van der Waals surface area contributed by atoms with Crippen molar-refractivity contribution in [1.29, 1.82) is 0 Å². The Hall–Kier alpha value is -3.23. The molecule has 0 radical (unpaired) electrons. The lowest BCUT2D eigenvalue weighted by Crippen LogP contribution is -2.66. The van der Waals surface area contributed by atoms with Crippen LogP contribution in [-0.4, -0.2) is 55.5 Å². The smallest absolute Gasteiger partial charge is 0.310 e. The van der Waals surface area contributed by atoms with Crippen molar-refractivity contribution in [3.05, 3.63) is 29.8 Å². The topological polar surface area (TPSA) is 116 Å². The Kier molecular flexibility index (Phi) is 6.15. The molecule has 2 aliphatic heterocycles. The van der Waals surface area contributed by atoms with Gasteiger partial charge in [-0.1, -0.05) is 32.0 Å². The molecule has 0 spiro atoms. The second kappa shape index (κ2) is 8.96. The zero-order valence-electron chi connectivity index (χ0n) is 21.7. The number of anilines is 1. The predicted molar refractivity (Wildman–Crippen MR) is 130 cm³/mol. The number of carbonyl (C=O) groups is 5. The summed E-state index contributed by atoms with van der Waals surface area (Å²) in [6.07, 6.45) is -0.414. The minimum Gasteiger partial charge on any atom is -0.469 e. The molecular weight excluding hydrogens is 478 g/mol. The number of Topliss-reactive ketones (excluding diaryl/α,β-unsaturated/α-hetero) is 1. The first-order valence-electron chi connectivity index (χ1n) is 12.9. The van der Waals surface area contributed by atoms with Gasteiger partial charge in [0.1, 0.15) is 0 Å². The van der Waals surface area contributed by atoms with E-state index < -0.39 is 58.7 Å². The second-order valence-electron chi connectivity index (χ2n) is 11.3. The van der Waals surface area contributed by atoms with Gasteiger partial charge >= 0.3 is 17.9 Å². The van der Waals surface area contributed by atoms with E-state index >= 15 is 0 Å². The Balaban J connectivity index is 1.52. The number of hydrogen-bond acceptors (Lipinski definition) is 8. The first-order chi connectivity index (χ1) is 17.5. The highest BCUT2D eigenvalue weighted by molar-refractivity contribution is 6.00. The number of cyclic esters (lactones) is 1. The monoisotopic (exact) mass is 511 g/mol. The number of esters is 3. The van der Waals surface area contributed by atoms with Gasteiger partial charge < -0.3 is 19.1 Å². The van der Waals surface area contributed by atoms with Crippen LogP contribution < -0.4 is 4.90 Å². The largest absolute Gasteiger partial charge is 0.469 e. The van der Waals surface area contributed by atoms with Crippen LogP contribution in [0.25, 0.3) is 0 Å². The lowest BCUT2D eigenvalue weighted by atomic mass is 9.43. The molecule has 5 rings (SSSR count). The molecule has 9 heteroatoms. The van der Waals surface area contributed by atoms with E-state index in [1.54, 1.807) is 4.90 Å². The van der Waals surface area contributed by atoms with Gasteiger partial charge in [0.05, 0.1) is 18.9 Å². The third-order valence-corrected chi connectivity index (χ3v) is 9.33. The minimum absolute atomic E-state index is 0.0379. The van der Waals surface area contributed by atoms with E-state index in [-0.39, 0.29) is 24.5 Å². The van der Waals surface area contributed by atoms with Crippen LogP contribution in [0.15, 0.2) is 24.3 Å². The fourth-order valence-corrected chi connectivity index (χ4v) is 7.70. The fraction of sp³-hybridized carbons (Fsp3) is 0.607. The van der Waals surface area contributed by atoms with Gasteiger partial charge in [0.2, 0.25) is 0 Å². The molecule has 9 nitrogen and oxygen atoms in total. The average molecular weight is 512 g/mol. The van der Waals surface area contributed by atoms with Crippen molar-refractivity contribution in [2.45, 2.75) is 65.1 Å². The highest BCUT2D eigenvalue weighted by Gasteiger charge is 2.68. The Morgan fingerprint density at radius 1 is 1.11 bits per heavy atom. The highest BCUT2D eigenvalue weighted by Crippen LogP contribution is 2.64. The molecule has 37 heavy (non-hydrogen) atoms. The first-order valence-corrected chi connectivity index (χ1v) is 12.9. The summed E-state index contributed by atoms with van der Waals surface area (Å²) in [5.41, 5.74) is 0.0698. The Labute approximate surface area is 215 Å². The van der Waals surface area contributed by atoms with Gasteiger partial charge in [0, 0.05) is 37.9 Å². The lowest BCUT2D eigenvalue weighted by molar-refractivity contribution is -0.210. The van der Waals surface area contributed by atoms with Crippen LogP contribution in [0.5, 0.6) is 0 Å². The molecule has 2 heterocycles. The number of amides is 1. The van der Waals surface area contributed by atoms with Gasteiger partial charge in [-0.3, -0.25) is 24.0 Å². The molecule has 0 aromatic heterocycles. The van der Waals surface area contributed by atoms with Crippen LogP contribution >= 0.6 is 0 Å². The van der Waals surface area contributed by atoms with Crippen LogP contribution in [-0.2, 0) is 44.6 Å². The molecule has 1 amide bonds. The summed E-state index contributed by atoms with van der Waals surface area (Å²) >= 11 is 0. The number of para-hydroxylation sites is 1. The minimum atomic E-state index is -1.12. The molecule has 2 aliphatic carbocycles. The average Bonchev–Trinajstić information content (AvgIpc) is 3.28. The fourth-order valence-electron chi connectivity index (χ4n) is 7.70. The van der Waals surface area contributed by atoms with Gasteiger partial charge in [-0.2, -0.15) is 0 Å². The molecule has 1 saturated heterocycles. The summed E-state index contributed by atoms with van der Waals surface area (Å²) in [6, 6.07) is 7.64. The maximum absolute atomic E-state index is 13.9. The Bertz CT molecular complexity index is 1180. The normalized spacial score (nSPS) is 36.5. The number of hydrogen-bond donors (Lipinski definition) is 0. The molecule has 1 aromatic carbocycles. The summed E-state index contributed by atoms with van der Waals surface area (Å²) < 4.78 is 16.2. The highest BCUT2D eigenvalue weighted by atomic mass is 16.6.